The highest BCUT2D eigenvalue weighted by atomic mass is 19.1. The van der Waals surface area contributed by atoms with E-state index in [0.717, 1.165) is 18.4 Å². The summed E-state index contributed by atoms with van der Waals surface area (Å²) in [7, 11) is 0. The molecule has 0 aliphatic carbocycles. The van der Waals surface area contributed by atoms with Crippen molar-refractivity contribution in [1.29, 1.82) is 0 Å². The minimum absolute atomic E-state index is 0.0915. The Hall–Kier alpha value is -3.67. The predicted octanol–water partition coefficient (Wildman–Crippen LogP) is 4.48. The number of phenols is 1. The highest BCUT2D eigenvalue weighted by Crippen LogP contribution is 2.24. The third kappa shape index (κ3) is 6.46. The standard InChI is InChI=1S/C23H21FN2O3/c24-21-15-18(7-11-22(21)29-20-4-2-13-25-16-20)8-12-23(28)26-14-1-3-17-5-9-19(27)10-6-17/h2,4-13,15-16,27H,1,3,14H2,(H,26,28)/b12-8+. The Balaban J connectivity index is 1.45. The van der Waals surface area contributed by atoms with Gasteiger partial charge in [0.05, 0.1) is 6.20 Å². The van der Waals surface area contributed by atoms with Gasteiger partial charge in [-0.2, -0.15) is 0 Å². The number of rotatable bonds is 8. The maximum Gasteiger partial charge on any atom is 0.243 e. The number of aromatic nitrogens is 1. The Kier molecular flexibility index (Phi) is 6.95. The van der Waals surface area contributed by atoms with Crippen LogP contribution < -0.4 is 10.1 Å². The van der Waals surface area contributed by atoms with Crippen LogP contribution in [-0.4, -0.2) is 22.5 Å². The molecule has 0 fully saturated rings. The fraction of sp³-hybridized carbons (Fsp3) is 0.130. The van der Waals surface area contributed by atoms with Crippen molar-refractivity contribution in [2.24, 2.45) is 0 Å². The fourth-order valence-electron chi connectivity index (χ4n) is 2.64. The number of phenolic OH excluding ortho intramolecular Hbond substituents is 1. The summed E-state index contributed by atoms with van der Waals surface area (Å²) in [5, 5.41) is 12.0. The van der Waals surface area contributed by atoms with Crippen LogP contribution in [-0.2, 0) is 11.2 Å². The van der Waals surface area contributed by atoms with Gasteiger partial charge >= 0.3 is 0 Å². The summed E-state index contributed by atoms with van der Waals surface area (Å²) in [6.07, 6.45) is 7.60. The molecule has 0 saturated heterocycles. The van der Waals surface area contributed by atoms with Crippen LogP contribution in [0.1, 0.15) is 17.5 Å². The van der Waals surface area contributed by atoms with Gasteiger partial charge in [0, 0.05) is 18.8 Å². The smallest absolute Gasteiger partial charge is 0.243 e. The van der Waals surface area contributed by atoms with Gasteiger partial charge in [0.2, 0.25) is 5.91 Å². The average molecular weight is 392 g/mol. The Morgan fingerprint density at radius 1 is 1.17 bits per heavy atom. The summed E-state index contributed by atoms with van der Waals surface area (Å²) in [6, 6.07) is 14.9. The zero-order valence-electron chi connectivity index (χ0n) is 15.7. The molecule has 1 aromatic heterocycles. The van der Waals surface area contributed by atoms with Gasteiger partial charge in [-0.3, -0.25) is 9.78 Å². The number of aromatic hydroxyl groups is 1. The van der Waals surface area contributed by atoms with Crippen LogP contribution in [0.25, 0.3) is 6.08 Å². The molecule has 3 rings (SSSR count). The largest absolute Gasteiger partial charge is 0.508 e. The number of ether oxygens (including phenoxy) is 1. The first-order valence-electron chi connectivity index (χ1n) is 9.21. The Morgan fingerprint density at radius 2 is 2.00 bits per heavy atom. The lowest BCUT2D eigenvalue weighted by atomic mass is 10.1. The number of benzene rings is 2. The molecule has 0 radical (unpaired) electrons. The van der Waals surface area contributed by atoms with Gasteiger partial charge in [-0.05, 0) is 66.4 Å². The summed E-state index contributed by atoms with van der Waals surface area (Å²) < 4.78 is 19.6. The lowest BCUT2D eigenvalue weighted by Crippen LogP contribution is -2.22. The van der Waals surface area contributed by atoms with Crippen LogP contribution in [0.2, 0.25) is 0 Å². The molecule has 29 heavy (non-hydrogen) atoms. The molecule has 0 aliphatic rings. The number of amides is 1. The van der Waals surface area contributed by atoms with E-state index in [1.54, 1.807) is 42.6 Å². The maximum atomic E-state index is 14.2. The summed E-state index contributed by atoms with van der Waals surface area (Å²) >= 11 is 0. The maximum absolute atomic E-state index is 14.2. The van der Waals surface area contributed by atoms with Crippen LogP contribution in [0.5, 0.6) is 17.2 Å². The number of carbonyl (C=O) groups is 1. The molecule has 0 saturated carbocycles. The molecule has 6 heteroatoms. The lowest BCUT2D eigenvalue weighted by Gasteiger charge is -2.06. The minimum atomic E-state index is -0.523. The van der Waals surface area contributed by atoms with Crippen molar-refractivity contribution in [1.82, 2.24) is 10.3 Å². The Bertz CT molecular complexity index is 973. The van der Waals surface area contributed by atoms with Crippen molar-refractivity contribution in [2.45, 2.75) is 12.8 Å². The van der Waals surface area contributed by atoms with E-state index in [1.165, 1.54) is 24.4 Å². The van der Waals surface area contributed by atoms with E-state index in [1.807, 2.05) is 12.1 Å². The molecular weight excluding hydrogens is 371 g/mol. The van der Waals surface area contributed by atoms with Crippen LogP contribution in [0, 0.1) is 5.82 Å². The number of hydrogen-bond acceptors (Lipinski definition) is 4. The predicted molar refractivity (Wildman–Crippen MR) is 109 cm³/mol. The van der Waals surface area contributed by atoms with E-state index in [-0.39, 0.29) is 17.4 Å². The van der Waals surface area contributed by atoms with Crippen molar-refractivity contribution in [3.05, 3.63) is 90.0 Å². The third-order valence-electron chi connectivity index (χ3n) is 4.12. The highest BCUT2D eigenvalue weighted by Gasteiger charge is 2.05. The van der Waals surface area contributed by atoms with Crippen molar-refractivity contribution in [3.63, 3.8) is 0 Å². The SMILES string of the molecule is O=C(/C=C/c1ccc(Oc2cccnc2)c(F)c1)NCCCc1ccc(O)cc1. The van der Waals surface area contributed by atoms with Crippen molar-refractivity contribution in [2.75, 3.05) is 6.54 Å². The molecule has 2 aromatic carbocycles. The lowest BCUT2D eigenvalue weighted by molar-refractivity contribution is -0.116. The molecule has 0 unspecified atom stereocenters. The van der Waals surface area contributed by atoms with Gasteiger partial charge in [0.15, 0.2) is 11.6 Å². The first kappa shape index (κ1) is 20.1. The van der Waals surface area contributed by atoms with Gasteiger partial charge in [-0.1, -0.05) is 18.2 Å². The summed E-state index contributed by atoms with van der Waals surface area (Å²) in [4.78, 5) is 15.8. The van der Waals surface area contributed by atoms with E-state index in [9.17, 15) is 14.3 Å². The molecule has 0 atom stereocenters. The number of nitrogens with one attached hydrogen (secondary N) is 1. The fourth-order valence-corrected chi connectivity index (χ4v) is 2.64. The molecular formula is C23H21FN2O3. The Labute approximate surface area is 168 Å². The zero-order chi connectivity index (χ0) is 20.5. The number of halogens is 1. The van der Waals surface area contributed by atoms with Crippen LogP contribution in [0.3, 0.4) is 0 Å². The molecule has 3 aromatic rings. The zero-order valence-corrected chi connectivity index (χ0v) is 15.7. The van der Waals surface area contributed by atoms with Crippen LogP contribution in [0.15, 0.2) is 73.1 Å². The summed E-state index contributed by atoms with van der Waals surface area (Å²) in [6.45, 7) is 0.524. The number of carbonyl (C=O) groups excluding carboxylic acids is 1. The van der Waals surface area contributed by atoms with Gasteiger partial charge in [0.25, 0.3) is 0 Å². The van der Waals surface area contributed by atoms with Crippen molar-refractivity contribution in [3.8, 4) is 17.2 Å². The first-order chi connectivity index (χ1) is 14.1. The molecule has 1 heterocycles. The second-order valence-corrected chi connectivity index (χ2v) is 6.38. The van der Waals surface area contributed by atoms with Crippen molar-refractivity contribution < 1.29 is 19.0 Å². The second kappa shape index (κ2) is 10.0. The number of aryl methyl sites for hydroxylation is 1. The molecule has 0 aliphatic heterocycles. The highest BCUT2D eigenvalue weighted by molar-refractivity contribution is 5.91. The van der Waals surface area contributed by atoms with E-state index < -0.39 is 5.82 Å². The summed E-state index contributed by atoms with van der Waals surface area (Å²) in [5.41, 5.74) is 1.65. The van der Waals surface area contributed by atoms with Gasteiger partial charge < -0.3 is 15.2 Å². The molecule has 0 spiro atoms. The molecule has 1 amide bonds. The average Bonchev–Trinajstić information content (AvgIpc) is 2.73. The van der Waals surface area contributed by atoms with E-state index in [4.69, 9.17) is 4.74 Å². The Morgan fingerprint density at radius 3 is 2.72 bits per heavy atom. The number of hydrogen-bond donors (Lipinski definition) is 2. The van der Waals surface area contributed by atoms with E-state index >= 15 is 0 Å². The normalized spacial score (nSPS) is 10.8. The van der Waals surface area contributed by atoms with Gasteiger partial charge in [0.1, 0.15) is 11.5 Å². The minimum Gasteiger partial charge on any atom is -0.508 e. The molecule has 5 nitrogen and oxygen atoms in total. The van der Waals surface area contributed by atoms with Gasteiger partial charge in [-0.25, -0.2) is 4.39 Å². The quantitative estimate of drug-likeness (QED) is 0.438. The van der Waals surface area contributed by atoms with E-state index in [2.05, 4.69) is 10.3 Å². The monoisotopic (exact) mass is 392 g/mol. The van der Waals surface area contributed by atoms with E-state index in [0.29, 0.717) is 17.9 Å². The first-order valence-corrected chi connectivity index (χ1v) is 9.21. The molecule has 2 N–H and O–H groups in total. The molecule has 148 valence electrons. The van der Waals surface area contributed by atoms with Gasteiger partial charge in [-0.15, -0.1) is 0 Å². The van der Waals surface area contributed by atoms with Crippen LogP contribution in [0.4, 0.5) is 4.39 Å². The number of pyridine rings is 1. The van der Waals surface area contributed by atoms with Crippen molar-refractivity contribution >= 4 is 12.0 Å². The summed E-state index contributed by atoms with van der Waals surface area (Å²) in [5.74, 6) is 0.00705. The second-order valence-electron chi connectivity index (χ2n) is 6.38. The number of nitrogens with zero attached hydrogens (tertiary/aromatic N) is 1. The molecule has 0 bridgehead atoms. The topological polar surface area (TPSA) is 71.5 Å². The third-order valence-corrected chi connectivity index (χ3v) is 4.12. The van der Waals surface area contributed by atoms with Crippen LogP contribution >= 0.6 is 0 Å².